The summed E-state index contributed by atoms with van der Waals surface area (Å²) in [7, 11) is 1.68. The molecule has 106 valence electrons. The number of hydrogen-bond acceptors (Lipinski definition) is 6. The predicted molar refractivity (Wildman–Crippen MR) is 74.4 cm³/mol. The van der Waals surface area contributed by atoms with Crippen LogP contribution in [0.15, 0.2) is 12.4 Å². The van der Waals surface area contributed by atoms with Crippen molar-refractivity contribution in [1.82, 2.24) is 9.97 Å². The van der Waals surface area contributed by atoms with E-state index in [0.29, 0.717) is 12.5 Å². The van der Waals surface area contributed by atoms with Crippen molar-refractivity contribution in [2.45, 2.75) is 12.8 Å². The lowest BCUT2D eigenvalue weighted by molar-refractivity contribution is 0.208. The average molecular weight is 266 g/mol. The fourth-order valence-electron chi connectivity index (χ4n) is 2.32. The first kappa shape index (κ1) is 14.0. The molecule has 2 rings (SSSR count). The highest BCUT2D eigenvalue weighted by atomic mass is 16.5. The van der Waals surface area contributed by atoms with Gasteiger partial charge >= 0.3 is 0 Å². The van der Waals surface area contributed by atoms with E-state index in [2.05, 4.69) is 20.2 Å². The summed E-state index contributed by atoms with van der Waals surface area (Å²) in [5.41, 5.74) is 0. The first-order valence-electron chi connectivity index (χ1n) is 6.74. The minimum Gasteiger partial charge on any atom is -0.396 e. The van der Waals surface area contributed by atoms with Gasteiger partial charge in [0.1, 0.15) is 18.0 Å². The summed E-state index contributed by atoms with van der Waals surface area (Å²) < 4.78 is 4.99. The van der Waals surface area contributed by atoms with Crippen LogP contribution in [0.2, 0.25) is 0 Å². The van der Waals surface area contributed by atoms with E-state index in [4.69, 9.17) is 4.74 Å². The minimum atomic E-state index is 0.251. The van der Waals surface area contributed by atoms with Gasteiger partial charge in [-0.3, -0.25) is 0 Å². The van der Waals surface area contributed by atoms with Crippen LogP contribution in [0, 0.1) is 5.92 Å². The van der Waals surface area contributed by atoms with Gasteiger partial charge in [-0.1, -0.05) is 0 Å². The van der Waals surface area contributed by atoms with Crippen molar-refractivity contribution in [2.75, 3.05) is 50.2 Å². The zero-order chi connectivity index (χ0) is 13.5. The molecule has 1 unspecified atom stereocenters. The molecule has 2 heterocycles. The van der Waals surface area contributed by atoms with Crippen LogP contribution in [0.1, 0.15) is 12.8 Å². The second-order valence-corrected chi connectivity index (χ2v) is 4.82. The quantitative estimate of drug-likeness (QED) is 0.740. The third-order valence-electron chi connectivity index (χ3n) is 3.37. The van der Waals surface area contributed by atoms with Crippen LogP contribution in [0.3, 0.4) is 0 Å². The van der Waals surface area contributed by atoms with E-state index < -0.39 is 0 Å². The maximum atomic E-state index is 9.27. The Kier molecular flexibility index (Phi) is 5.35. The number of ether oxygens (including phenoxy) is 1. The molecule has 2 N–H and O–H groups in total. The Bertz CT molecular complexity index is 389. The van der Waals surface area contributed by atoms with Crippen molar-refractivity contribution in [3.8, 4) is 0 Å². The van der Waals surface area contributed by atoms with Gasteiger partial charge in [-0.15, -0.1) is 0 Å². The van der Waals surface area contributed by atoms with Crippen LogP contribution < -0.4 is 10.2 Å². The number of hydrogen-bond donors (Lipinski definition) is 2. The fourth-order valence-corrected chi connectivity index (χ4v) is 2.32. The van der Waals surface area contributed by atoms with E-state index in [9.17, 15) is 5.11 Å². The van der Waals surface area contributed by atoms with Crippen molar-refractivity contribution >= 4 is 11.6 Å². The van der Waals surface area contributed by atoms with E-state index >= 15 is 0 Å². The van der Waals surface area contributed by atoms with Crippen molar-refractivity contribution in [3.05, 3.63) is 12.4 Å². The number of aromatic nitrogens is 2. The number of aliphatic hydroxyl groups excluding tert-OH is 1. The molecule has 1 aliphatic rings. The summed E-state index contributed by atoms with van der Waals surface area (Å²) in [4.78, 5) is 10.7. The third kappa shape index (κ3) is 4.04. The van der Waals surface area contributed by atoms with E-state index in [0.717, 1.165) is 44.1 Å². The van der Waals surface area contributed by atoms with Gasteiger partial charge in [-0.2, -0.15) is 0 Å². The van der Waals surface area contributed by atoms with Gasteiger partial charge in [-0.05, 0) is 18.8 Å². The molecular weight excluding hydrogens is 244 g/mol. The maximum Gasteiger partial charge on any atom is 0.134 e. The van der Waals surface area contributed by atoms with E-state index in [1.165, 1.54) is 0 Å². The maximum absolute atomic E-state index is 9.27. The van der Waals surface area contributed by atoms with Crippen molar-refractivity contribution < 1.29 is 9.84 Å². The number of piperidine rings is 1. The van der Waals surface area contributed by atoms with Crippen molar-refractivity contribution in [2.24, 2.45) is 5.92 Å². The molecule has 1 aromatic rings. The van der Waals surface area contributed by atoms with E-state index in [1.54, 1.807) is 13.4 Å². The van der Waals surface area contributed by atoms with Crippen LogP contribution in [0.4, 0.5) is 11.6 Å². The molecule has 0 aromatic carbocycles. The molecule has 6 nitrogen and oxygen atoms in total. The Labute approximate surface area is 113 Å². The fraction of sp³-hybridized carbons (Fsp3) is 0.692. The molecular formula is C13H22N4O2. The summed E-state index contributed by atoms with van der Waals surface area (Å²) in [5.74, 6) is 2.09. The van der Waals surface area contributed by atoms with Gasteiger partial charge in [0.15, 0.2) is 0 Å². The highest BCUT2D eigenvalue weighted by Gasteiger charge is 2.20. The van der Waals surface area contributed by atoms with Gasteiger partial charge in [0, 0.05) is 39.4 Å². The van der Waals surface area contributed by atoms with E-state index in [1.807, 2.05) is 6.07 Å². The lowest BCUT2D eigenvalue weighted by atomic mass is 9.99. The molecule has 0 saturated carbocycles. The van der Waals surface area contributed by atoms with Crippen LogP contribution >= 0.6 is 0 Å². The number of aliphatic hydroxyl groups is 1. The topological polar surface area (TPSA) is 70.5 Å². The Balaban J connectivity index is 1.97. The van der Waals surface area contributed by atoms with E-state index in [-0.39, 0.29) is 6.61 Å². The highest BCUT2D eigenvalue weighted by molar-refractivity contribution is 5.48. The smallest absolute Gasteiger partial charge is 0.134 e. The number of methoxy groups -OCH3 is 1. The molecule has 0 amide bonds. The molecule has 1 fully saturated rings. The van der Waals surface area contributed by atoms with Crippen molar-refractivity contribution in [3.63, 3.8) is 0 Å². The average Bonchev–Trinajstić information content (AvgIpc) is 2.48. The molecule has 1 atom stereocenters. The van der Waals surface area contributed by atoms with Crippen LogP contribution in [-0.4, -0.2) is 55.0 Å². The standard InChI is InChI=1S/C13H22N4O2/c1-19-6-4-14-12-7-13(16-10-15-12)17-5-2-3-11(8-17)9-18/h7,10-11,18H,2-6,8-9H2,1H3,(H,14,15,16). The first-order valence-corrected chi connectivity index (χ1v) is 6.74. The van der Waals surface area contributed by atoms with Crippen molar-refractivity contribution in [1.29, 1.82) is 0 Å². The Morgan fingerprint density at radius 2 is 2.42 bits per heavy atom. The molecule has 1 aromatic heterocycles. The van der Waals surface area contributed by atoms with Gasteiger partial charge < -0.3 is 20.1 Å². The molecule has 6 heteroatoms. The minimum absolute atomic E-state index is 0.251. The third-order valence-corrected chi connectivity index (χ3v) is 3.37. The monoisotopic (exact) mass is 266 g/mol. The molecule has 0 bridgehead atoms. The van der Waals surface area contributed by atoms with Crippen LogP contribution in [0.25, 0.3) is 0 Å². The van der Waals surface area contributed by atoms with Gasteiger partial charge in [0.25, 0.3) is 0 Å². The molecule has 0 spiro atoms. The highest BCUT2D eigenvalue weighted by Crippen LogP contribution is 2.22. The Morgan fingerprint density at radius 1 is 1.53 bits per heavy atom. The number of nitrogens with one attached hydrogen (secondary N) is 1. The lowest BCUT2D eigenvalue weighted by Crippen LogP contribution is -2.37. The summed E-state index contributed by atoms with van der Waals surface area (Å²) in [6.45, 7) is 3.48. The largest absolute Gasteiger partial charge is 0.396 e. The molecule has 1 aliphatic heterocycles. The predicted octanol–water partition coefficient (Wildman–Crippen LogP) is 0.744. The summed E-state index contributed by atoms with van der Waals surface area (Å²) in [5, 5.41) is 12.5. The number of anilines is 2. The first-order chi connectivity index (χ1) is 9.33. The zero-order valence-corrected chi connectivity index (χ0v) is 11.4. The number of nitrogens with zero attached hydrogens (tertiary/aromatic N) is 3. The lowest BCUT2D eigenvalue weighted by Gasteiger charge is -2.32. The molecule has 1 saturated heterocycles. The molecule has 0 aliphatic carbocycles. The summed E-state index contributed by atoms with van der Waals surface area (Å²) in [6, 6.07) is 1.95. The van der Waals surface area contributed by atoms with Crippen LogP contribution in [-0.2, 0) is 4.74 Å². The van der Waals surface area contributed by atoms with Crippen LogP contribution in [0.5, 0.6) is 0 Å². The second-order valence-electron chi connectivity index (χ2n) is 4.82. The Morgan fingerprint density at radius 3 is 3.21 bits per heavy atom. The normalized spacial score (nSPS) is 19.5. The Hall–Kier alpha value is -1.40. The van der Waals surface area contributed by atoms with Gasteiger partial charge in [0.05, 0.1) is 6.61 Å². The summed E-state index contributed by atoms with van der Waals surface area (Å²) >= 11 is 0. The summed E-state index contributed by atoms with van der Waals surface area (Å²) in [6.07, 6.45) is 3.77. The number of rotatable bonds is 6. The molecule has 0 radical (unpaired) electrons. The second kappa shape index (κ2) is 7.25. The van der Waals surface area contributed by atoms with Gasteiger partial charge in [0.2, 0.25) is 0 Å². The zero-order valence-electron chi connectivity index (χ0n) is 11.4. The SMILES string of the molecule is COCCNc1cc(N2CCCC(CO)C2)ncn1. The molecule has 19 heavy (non-hydrogen) atoms. The van der Waals surface area contributed by atoms with Gasteiger partial charge in [-0.25, -0.2) is 9.97 Å².